The Bertz CT molecular complexity index is 1930. The van der Waals surface area contributed by atoms with E-state index in [9.17, 15) is 9.59 Å². The lowest BCUT2D eigenvalue weighted by Crippen LogP contribution is -2.48. The molecule has 9 heteroatoms. The zero-order chi connectivity index (χ0) is 32.8. The summed E-state index contributed by atoms with van der Waals surface area (Å²) < 4.78 is 19.1. The summed E-state index contributed by atoms with van der Waals surface area (Å²) in [5.74, 6) is -1.97. The molecule has 2 aromatic heterocycles. The highest BCUT2D eigenvalue weighted by Gasteiger charge is 2.33. The van der Waals surface area contributed by atoms with Gasteiger partial charge in [0.2, 0.25) is 5.91 Å². The van der Waals surface area contributed by atoms with Gasteiger partial charge in [-0.15, -0.1) is 0 Å². The van der Waals surface area contributed by atoms with Crippen LogP contribution in [0.25, 0.3) is 11.1 Å². The van der Waals surface area contributed by atoms with Gasteiger partial charge < -0.3 is 10.6 Å². The van der Waals surface area contributed by atoms with Crippen molar-refractivity contribution in [1.82, 2.24) is 24.9 Å². The summed E-state index contributed by atoms with van der Waals surface area (Å²) in [6.45, 7) is 4.85. The van der Waals surface area contributed by atoms with Gasteiger partial charge in [0, 0.05) is 41.2 Å². The summed E-state index contributed by atoms with van der Waals surface area (Å²) in [6.07, 6.45) is 3.21. The van der Waals surface area contributed by atoms with E-state index in [1.165, 1.54) is 6.07 Å². The van der Waals surface area contributed by atoms with E-state index in [0.717, 1.165) is 22.4 Å². The second-order valence-electron chi connectivity index (χ2n) is 11.3. The maximum absolute atomic E-state index is 15.7. The van der Waals surface area contributed by atoms with E-state index in [2.05, 4.69) is 20.8 Å². The van der Waals surface area contributed by atoms with Crippen LogP contribution in [-0.4, -0.2) is 37.4 Å². The first-order valence-electron chi connectivity index (χ1n) is 15.5. The zero-order valence-electron chi connectivity index (χ0n) is 26.2. The third kappa shape index (κ3) is 6.89. The molecule has 47 heavy (non-hydrogen) atoms. The van der Waals surface area contributed by atoms with Crippen LogP contribution in [0.3, 0.4) is 0 Å². The van der Waals surface area contributed by atoms with Crippen molar-refractivity contribution in [3.05, 3.63) is 162 Å². The topological polar surface area (TPSA) is 93.8 Å². The molecule has 0 saturated heterocycles. The van der Waals surface area contributed by atoms with E-state index in [4.69, 9.17) is 0 Å². The number of carbonyl (C=O) groups excluding carboxylic acids is 2. The number of benzene rings is 4. The Morgan fingerprint density at radius 2 is 1.43 bits per heavy atom. The number of rotatable bonds is 11. The molecule has 236 valence electrons. The predicted octanol–water partition coefficient (Wildman–Crippen LogP) is 6.83. The summed E-state index contributed by atoms with van der Waals surface area (Å²) in [5.41, 5.74) is 5.25. The maximum atomic E-state index is 15.7. The molecule has 0 radical (unpaired) electrons. The number of nitrogens with zero attached hydrogens (tertiary/aromatic N) is 4. The Morgan fingerprint density at radius 3 is 2.04 bits per heavy atom. The normalized spacial score (nSPS) is 11.7. The van der Waals surface area contributed by atoms with Gasteiger partial charge in [-0.25, -0.2) is 4.39 Å². The fourth-order valence-corrected chi connectivity index (χ4v) is 5.85. The molecule has 0 spiro atoms. The van der Waals surface area contributed by atoms with Crippen molar-refractivity contribution >= 4 is 17.5 Å². The standard InChI is InChI=1S/C38H35FN6O2/c1-3-44-34(21-22-40-44)37(46)43-36(35(28-15-9-5-10-16-28)29-17-11-6-12-18-29)38(47)42-30-19-20-31(33(39)23-30)32-24-41-45(26(32)2)25-27-13-7-4-8-14-27/h4-24,35-36H,3,25H2,1-2H3,(H,42,47)(H,43,46). The molecule has 6 rings (SSSR count). The molecule has 2 heterocycles. The highest BCUT2D eigenvalue weighted by Crippen LogP contribution is 2.31. The lowest BCUT2D eigenvalue weighted by Gasteiger charge is -2.28. The van der Waals surface area contributed by atoms with Crippen LogP contribution in [0.5, 0.6) is 0 Å². The molecule has 2 N–H and O–H groups in total. The van der Waals surface area contributed by atoms with E-state index in [-0.39, 0.29) is 5.69 Å². The van der Waals surface area contributed by atoms with E-state index < -0.39 is 29.6 Å². The lowest BCUT2D eigenvalue weighted by atomic mass is 9.84. The average molecular weight is 627 g/mol. The number of hydrogen-bond acceptors (Lipinski definition) is 4. The van der Waals surface area contributed by atoms with E-state index in [0.29, 0.717) is 29.9 Å². The number of anilines is 1. The maximum Gasteiger partial charge on any atom is 0.270 e. The van der Waals surface area contributed by atoms with Gasteiger partial charge in [-0.2, -0.15) is 10.2 Å². The summed E-state index contributed by atoms with van der Waals surface area (Å²) >= 11 is 0. The van der Waals surface area contributed by atoms with Gasteiger partial charge in [-0.3, -0.25) is 19.0 Å². The van der Waals surface area contributed by atoms with Crippen LogP contribution in [0.2, 0.25) is 0 Å². The quantitative estimate of drug-likeness (QED) is 0.165. The molecule has 0 aliphatic carbocycles. The van der Waals surface area contributed by atoms with E-state index >= 15 is 4.39 Å². The average Bonchev–Trinajstić information content (AvgIpc) is 3.72. The van der Waals surface area contributed by atoms with Crippen molar-refractivity contribution < 1.29 is 14.0 Å². The van der Waals surface area contributed by atoms with Gasteiger partial charge in [-0.05, 0) is 54.8 Å². The second-order valence-corrected chi connectivity index (χ2v) is 11.3. The van der Waals surface area contributed by atoms with Crippen molar-refractivity contribution in [2.75, 3.05) is 5.32 Å². The minimum atomic E-state index is -1.05. The molecule has 0 aliphatic heterocycles. The van der Waals surface area contributed by atoms with Crippen molar-refractivity contribution in [3.63, 3.8) is 0 Å². The van der Waals surface area contributed by atoms with Crippen LogP contribution >= 0.6 is 0 Å². The van der Waals surface area contributed by atoms with Crippen molar-refractivity contribution in [1.29, 1.82) is 0 Å². The number of nitrogens with one attached hydrogen (secondary N) is 2. The van der Waals surface area contributed by atoms with Crippen molar-refractivity contribution in [3.8, 4) is 11.1 Å². The molecule has 0 saturated carbocycles. The number of hydrogen-bond donors (Lipinski definition) is 2. The van der Waals surface area contributed by atoms with Gasteiger partial charge in [0.05, 0.1) is 12.7 Å². The van der Waals surface area contributed by atoms with Gasteiger partial charge in [0.1, 0.15) is 17.6 Å². The molecule has 2 amide bonds. The minimum absolute atomic E-state index is 0.267. The lowest BCUT2D eigenvalue weighted by molar-refractivity contribution is -0.118. The van der Waals surface area contributed by atoms with Crippen LogP contribution < -0.4 is 10.6 Å². The fourth-order valence-electron chi connectivity index (χ4n) is 5.85. The van der Waals surface area contributed by atoms with Crippen LogP contribution in [-0.2, 0) is 17.9 Å². The minimum Gasteiger partial charge on any atom is -0.338 e. The Balaban J connectivity index is 1.30. The Kier molecular flexibility index (Phi) is 9.33. The first kappa shape index (κ1) is 31.2. The molecule has 1 atom stereocenters. The number of aryl methyl sites for hydroxylation is 1. The molecule has 0 aliphatic rings. The van der Waals surface area contributed by atoms with Crippen molar-refractivity contribution in [2.45, 2.75) is 38.9 Å². The largest absolute Gasteiger partial charge is 0.338 e. The highest BCUT2D eigenvalue weighted by atomic mass is 19.1. The Morgan fingerprint density at radius 1 is 0.787 bits per heavy atom. The zero-order valence-corrected chi connectivity index (χ0v) is 26.2. The molecular formula is C38H35FN6O2. The summed E-state index contributed by atoms with van der Waals surface area (Å²) in [7, 11) is 0. The first-order valence-corrected chi connectivity index (χ1v) is 15.5. The SMILES string of the molecule is CCn1nccc1C(=O)NC(C(=O)Nc1ccc(-c2cnn(Cc3ccccc3)c2C)c(F)c1)C(c1ccccc1)c1ccccc1. The summed E-state index contributed by atoms with van der Waals surface area (Å²) in [5, 5.41) is 14.6. The number of amides is 2. The van der Waals surface area contributed by atoms with E-state index in [1.807, 2.05) is 110 Å². The van der Waals surface area contributed by atoms with Gasteiger partial charge in [0.15, 0.2) is 0 Å². The van der Waals surface area contributed by atoms with Gasteiger partial charge >= 0.3 is 0 Å². The molecule has 0 fully saturated rings. The second kappa shape index (κ2) is 14.1. The molecule has 1 unspecified atom stereocenters. The van der Waals surface area contributed by atoms with Crippen LogP contribution in [0.4, 0.5) is 10.1 Å². The highest BCUT2D eigenvalue weighted by molar-refractivity contribution is 6.01. The Hall–Kier alpha value is -5.83. The Labute approximate surface area is 272 Å². The predicted molar refractivity (Wildman–Crippen MR) is 180 cm³/mol. The third-order valence-corrected chi connectivity index (χ3v) is 8.27. The van der Waals surface area contributed by atoms with Crippen LogP contribution in [0.1, 0.15) is 45.7 Å². The number of halogens is 1. The van der Waals surface area contributed by atoms with Gasteiger partial charge in [0.25, 0.3) is 5.91 Å². The van der Waals surface area contributed by atoms with E-state index in [1.54, 1.807) is 35.3 Å². The molecule has 6 aromatic rings. The number of aromatic nitrogens is 4. The summed E-state index contributed by atoms with van der Waals surface area (Å²) in [4.78, 5) is 27.8. The molecule has 8 nitrogen and oxygen atoms in total. The smallest absolute Gasteiger partial charge is 0.270 e. The molecule has 0 bridgehead atoms. The molecular weight excluding hydrogens is 591 g/mol. The first-order chi connectivity index (χ1) is 22.9. The third-order valence-electron chi connectivity index (χ3n) is 8.27. The molecule has 4 aromatic carbocycles. The summed E-state index contributed by atoms with van der Waals surface area (Å²) in [6, 6.07) is 34.2. The monoisotopic (exact) mass is 626 g/mol. The van der Waals surface area contributed by atoms with Crippen LogP contribution in [0, 0.1) is 12.7 Å². The van der Waals surface area contributed by atoms with Gasteiger partial charge in [-0.1, -0.05) is 91.0 Å². The van der Waals surface area contributed by atoms with Crippen molar-refractivity contribution in [2.24, 2.45) is 0 Å². The fraction of sp³-hybridized carbons (Fsp3) is 0.158. The number of carbonyl (C=O) groups is 2. The van der Waals surface area contributed by atoms with Crippen LogP contribution in [0.15, 0.2) is 128 Å².